The largest absolute Gasteiger partial charge is 0.302 e. The van der Waals surface area contributed by atoms with Crippen LogP contribution in [0.2, 0.25) is 0 Å². The molecule has 1 aromatic carbocycles. The van der Waals surface area contributed by atoms with Gasteiger partial charge in [-0.05, 0) is 37.0 Å². The van der Waals surface area contributed by atoms with Crippen LogP contribution in [0.25, 0.3) is 0 Å². The second-order valence-electron chi connectivity index (χ2n) is 5.80. The number of benzene rings is 1. The maximum Gasteiger partial charge on any atom is 0.0753 e. The van der Waals surface area contributed by atoms with E-state index in [1.165, 1.54) is 5.56 Å². The van der Waals surface area contributed by atoms with Crippen LogP contribution in [-0.4, -0.2) is 11.0 Å². The standard InChI is InChI=1S/C18H24N2/c1-14(2)13-15(3)20-18(16-9-5-4-6-10-16)17-11-7-8-12-19-17/h4-12,14-15,18,20H,13H2,1-3H3. The van der Waals surface area contributed by atoms with E-state index < -0.39 is 0 Å². The molecule has 2 heteroatoms. The van der Waals surface area contributed by atoms with Crippen molar-refractivity contribution in [2.45, 2.75) is 39.3 Å². The Balaban J connectivity index is 2.21. The van der Waals surface area contributed by atoms with Crippen molar-refractivity contribution in [3.05, 3.63) is 66.0 Å². The van der Waals surface area contributed by atoms with Crippen LogP contribution >= 0.6 is 0 Å². The summed E-state index contributed by atoms with van der Waals surface area (Å²) in [4.78, 5) is 4.53. The predicted octanol–water partition coefficient (Wildman–Crippen LogP) is 4.20. The zero-order valence-corrected chi connectivity index (χ0v) is 12.6. The molecule has 0 spiro atoms. The molecule has 2 aromatic rings. The summed E-state index contributed by atoms with van der Waals surface area (Å²) in [5.74, 6) is 0.692. The summed E-state index contributed by atoms with van der Waals surface area (Å²) in [7, 11) is 0. The third-order valence-corrected chi connectivity index (χ3v) is 3.39. The van der Waals surface area contributed by atoms with Gasteiger partial charge in [0.25, 0.3) is 0 Å². The average Bonchev–Trinajstić information content (AvgIpc) is 2.46. The fourth-order valence-electron chi connectivity index (χ4n) is 2.60. The Labute approximate surface area is 122 Å². The van der Waals surface area contributed by atoms with Crippen molar-refractivity contribution in [2.75, 3.05) is 0 Å². The minimum absolute atomic E-state index is 0.158. The minimum Gasteiger partial charge on any atom is -0.302 e. The summed E-state index contributed by atoms with van der Waals surface area (Å²) in [6.07, 6.45) is 3.02. The summed E-state index contributed by atoms with van der Waals surface area (Å²) < 4.78 is 0. The van der Waals surface area contributed by atoms with Gasteiger partial charge in [0.1, 0.15) is 0 Å². The fourth-order valence-corrected chi connectivity index (χ4v) is 2.60. The smallest absolute Gasteiger partial charge is 0.0753 e. The monoisotopic (exact) mass is 268 g/mol. The van der Waals surface area contributed by atoms with Gasteiger partial charge in [-0.1, -0.05) is 50.2 Å². The Morgan fingerprint density at radius 1 is 0.950 bits per heavy atom. The van der Waals surface area contributed by atoms with E-state index in [4.69, 9.17) is 0 Å². The zero-order chi connectivity index (χ0) is 14.4. The molecule has 0 saturated heterocycles. The molecule has 106 valence electrons. The van der Waals surface area contributed by atoms with E-state index in [1.807, 2.05) is 18.3 Å². The predicted molar refractivity (Wildman–Crippen MR) is 84.6 cm³/mol. The molecule has 0 saturated carbocycles. The first kappa shape index (κ1) is 14.7. The van der Waals surface area contributed by atoms with Crippen molar-refractivity contribution in [3.8, 4) is 0 Å². The van der Waals surface area contributed by atoms with Gasteiger partial charge in [0.05, 0.1) is 11.7 Å². The molecule has 1 aromatic heterocycles. The van der Waals surface area contributed by atoms with E-state index in [0.29, 0.717) is 12.0 Å². The second kappa shape index (κ2) is 7.20. The van der Waals surface area contributed by atoms with Gasteiger partial charge in [-0.25, -0.2) is 0 Å². The summed E-state index contributed by atoms with van der Waals surface area (Å²) in [5.41, 5.74) is 2.34. The van der Waals surface area contributed by atoms with Gasteiger partial charge in [0.2, 0.25) is 0 Å². The molecular weight excluding hydrogens is 244 g/mol. The molecule has 0 aliphatic heterocycles. The molecule has 0 aliphatic rings. The van der Waals surface area contributed by atoms with E-state index in [-0.39, 0.29) is 6.04 Å². The Morgan fingerprint density at radius 3 is 2.25 bits per heavy atom. The van der Waals surface area contributed by atoms with Crippen LogP contribution in [-0.2, 0) is 0 Å². The summed E-state index contributed by atoms with van der Waals surface area (Å²) in [5, 5.41) is 3.72. The van der Waals surface area contributed by atoms with E-state index in [1.54, 1.807) is 0 Å². The van der Waals surface area contributed by atoms with Gasteiger partial charge in [-0.3, -0.25) is 4.98 Å². The van der Waals surface area contributed by atoms with Gasteiger partial charge in [-0.15, -0.1) is 0 Å². The lowest BCUT2D eigenvalue weighted by Crippen LogP contribution is -2.32. The minimum atomic E-state index is 0.158. The van der Waals surface area contributed by atoms with Crippen LogP contribution in [0.4, 0.5) is 0 Å². The Morgan fingerprint density at radius 2 is 1.65 bits per heavy atom. The maximum absolute atomic E-state index is 4.53. The van der Waals surface area contributed by atoms with Gasteiger partial charge < -0.3 is 5.32 Å². The first-order valence-corrected chi connectivity index (χ1v) is 7.38. The van der Waals surface area contributed by atoms with Crippen LogP contribution < -0.4 is 5.32 Å². The van der Waals surface area contributed by atoms with Crippen LogP contribution in [0.5, 0.6) is 0 Å². The van der Waals surface area contributed by atoms with Crippen LogP contribution in [0, 0.1) is 5.92 Å². The number of hydrogen-bond donors (Lipinski definition) is 1. The van der Waals surface area contributed by atoms with Crippen molar-refractivity contribution in [3.63, 3.8) is 0 Å². The molecule has 1 heterocycles. The number of nitrogens with one attached hydrogen (secondary N) is 1. The highest BCUT2D eigenvalue weighted by molar-refractivity contribution is 5.27. The molecule has 2 unspecified atom stereocenters. The molecule has 0 bridgehead atoms. The van der Waals surface area contributed by atoms with Crippen molar-refractivity contribution in [1.29, 1.82) is 0 Å². The molecule has 1 N–H and O–H groups in total. The SMILES string of the molecule is CC(C)CC(C)NC(c1ccccc1)c1ccccn1. The van der Waals surface area contributed by atoms with E-state index in [2.05, 4.69) is 67.5 Å². The van der Waals surface area contributed by atoms with Crippen molar-refractivity contribution >= 4 is 0 Å². The van der Waals surface area contributed by atoms with Gasteiger partial charge in [-0.2, -0.15) is 0 Å². The summed E-state index contributed by atoms with van der Waals surface area (Å²) >= 11 is 0. The van der Waals surface area contributed by atoms with Gasteiger partial charge in [0.15, 0.2) is 0 Å². The van der Waals surface area contributed by atoms with E-state index in [9.17, 15) is 0 Å². The van der Waals surface area contributed by atoms with Crippen molar-refractivity contribution in [1.82, 2.24) is 10.3 Å². The van der Waals surface area contributed by atoms with Crippen LogP contribution in [0.1, 0.15) is 44.5 Å². The Bertz CT molecular complexity index is 454. The molecule has 0 amide bonds. The lowest BCUT2D eigenvalue weighted by atomic mass is 9.99. The molecular formula is C18H24N2. The highest BCUT2D eigenvalue weighted by atomic mass is 15.0. The third kappa shape index (κ3) is 4.17. The molecule has 0 fully saturated rings. The lowest BCUT2D eigenvalue weighted by Gasteiger charge is -2.24. The highest BCUT2D eigenvalue weighted by Gasteiger charge is 2.17. The first-order chi connectivity index (χ1) is 9.66. The number of pyridine rings is 1. The van der Waals surface area contributed by atoms with Crippen LogP contribution in [0.15, 0.2) is 54.7 Å². The number of nitrogens with zero attached hydrogens (tertiary/aromatic N) is 1. The average molecular weight is 268 g/mol. The third-order valence-electron chi connectivity index (χ3n) is 3.39. The summed E-state index contributed by atoms with van der Waals surface area (Å²) in [6, 6.07) is 17.3. The summed E-state index contributed by atoms with van der Waals surface area (Å²) in [6.45, 7) is 6.77. The number of rotatable bonds is 6. The van der Waals surface area contributed by atoms with Crippen molar-refractivity contribution in [2.24, 2.45) is 5.92 Å². The molecule has 2 atom stereocenters. The fraction of sp³-hybridized carbons (Fsp3) is 0.389. The Kier molecular flexibility index (Phi) is 5.31. The van der Waals surface area contributed by atoms with Crippen LogP contribution in [0.3, 0.4) is 0 Å². The normalized spacial score (nSPS) is 14.2. The van der Waals surface area contributed by atoms with Gasteiger partial charge >= 0.3 is 0 Å². The van der Waals surface area contributed by atoms with Crippen molar-refractivity contribution < 1.29 is 0 Å². The maximum atomic E-state index is 4.53. The quantitative estimate of drug-likeness (QED) is 0.849. The Hall–Kier alpha value is -1.67. The highest BCUT2D eigenvalue weighted by Crippen LogP contribution is 2.21. The second-order valence-corrected chi connectivity index (χ2v) is 5.80. The molecule has 0 aliphatic carbocycles. The molecule has 2 rings (SSSR count). The molecule has 0 radical (unpaired) electrons. The topological polar surface area (TPSA) is 24.9 Å². The molecule has 20 heavy (non-hydrogen) atoms. The van der Waals surface area contributed by atoms with E-state index >= 15 is 0 Å². The zero-order valence-electron chi connectivity index (χ0n) is 12.6. The number of aromatic nitrogens is 1. The lowest BCUT2D eigenvalue weighted by molar-refractivity contribution is 0.414. The number of hydrogen-bond acceptors (Lipinski definition) is 2. The molecule has 2 nitrogen and oxygen atoms in total. The van der Waals surface area contributed by atoms with Gasteiger partial charge in [0, 0.05) is 12.2 Å². The first-order valence-electron chi connectivity index (χ1n) is 7.38. The van der Waals surface area contributed by atoms with E-state index in [0.717, 1.165) is 12.1 Å².